The number of methoxy groups -OCH3 is 1. The summed E-state index contributed by atoms with van der Waals surface area (Å²) >= 11 is 0. The Balaban J connectivity index is 1.29. The number of carbonyl (C=O) groups excluding carboxylic acids is 1. The summed E-state index contributed by atoms with van der Waals surface area (Å²) in [7, 11) is 1.65. The molecule has 1 amide bonds. The van der Waals surface area contributed by atoms with E-state index in [0.29, 0.717) is 35.2 Å². The Morgan fingerprint density at radius 3 is 2.59 bits per heavy atom. The molecule has 8 heteroatoms. The van der Waals surface area contributed by atoms with Gasteiger partial charge < -0.3 is 24.8 Å². The summed E-state index contributed by atoms with van der Waals surface area (Å²) in [5.41, 5.74) is 2.15. The van der Waals surface area contributed by atoms with Gasteiger partial charge in [0.05, 0.1) is 12.7 Å². The zero-order valence-corrected chi connectivity index (χ0v) is 15.8. The van der Waals surface area contributed by atoms with Crippen LogP contribution >= 0.6 is 0 Å². The average molecular weight is 392 g/mol. The van der Waals surface area contributed by atoms with E-state index in [0.717, 1.165) is 12.2 Å². The van der Waals surface area contributed by atoms with Crippen molar-refractivity contribution in [1.82, 2.24) is 9.97 Å². The molecule has 1 aliphatic heterocycles. The fourth-order valence-corrected chi connectivity index (χ4v) is 2.82. The second kappa shape index (κ2) is 8.47. The Bertz CT molecular complexity index is 991. The predicted octanol–water partition coefficient (Wildman–Crippen LogP) is 3.12. The first kappa shape index (κ1) is 18.5. The zero-order chi connectivity index (χ0) is 20.1. The van der Waals surface area contributed by atoms with E-state index in [2.05, 4.69) is 20.6 Å². The SMILES string of the molecule is COc1ccc(CCNc2ncc(C(=O)Nc3ccc4c(c3)OCO4)cn2)cc1. The van der Waals surface area contributed by atoms with Crippen LogP contribution in [0.5, 0.6) is 17.2 Å². The second-order valence-electron chi connectivity index (χ2n) is 6.34. The van der Waals surface area contributed by atoms with Gasteiger partial charge in [-0.2, -0.15) is 0 Å². The number of anilines is 2. The van der Waals surface area contributed by atoms with E-state index in [-0.39, 0.29) is 12.7 Å². The van der Waals surface area contributed by atoms with Crippen LogP contribution < -0.4 is 24.8 Å². The molecule has 0 saturated heterocycles. The Morgan fingerprint density at radius 1 is 1.07 bits per heavy atom. The molecule has 2 N–H and O–H groups in total. The van der Waals surface area contributed by atoms with E-state index in [1.54, 1.807) is 25.3 Å². The van der Waals surface area contributed by atoms with Crippen LogP contribution in [0.15, 0.2) is 54.9 Å². The fourth-order valence-electron chi connectivity index (χ4n) is 2.82. The summed E-state index contributed by atoms with van der Waals surface area (Å²) in [6, 6.07) is 13.1. The van der Waals surface area contributed by atoms with Crippen LogP contribution in [-0.4, -0.2) is 36.3 Å². The molecule has 0 aliphatic carbocycles. The number of fused-ring (bicyclic) bond motifs is 1. The smallest absolute Gasteiger partial charge is 0.258 e. The Hall–Kier alpha value is -3.81. The molecule has 0 atom stereocenters. The van der Waals surface area contributed by atoms with Gasteiger partial charge in [-0.1, -0.05) is 12.1 Å². The number of hydrogen-bond donors (Lipinski definition) is 2. The molecular weight excluding hydrogens is 372 g/mol. The molecule has 0 fully saturated rings. The molecular formula is C21H20N4O4. The largest absolute Gasteiger partial charge is 0.497 e. The normalized spacial score (nSPS) is 11.8. The molecule has 8 nitrogen and oxygen atoms in total. The molecule has 2 heterocycles. The first-order valence-electron chi connectivity index (χ1n) is 9.11. The highest BCUT2D eigenvalue weighted by molar-refractivity contribution is 6.04. The highest BCUT2D eigenvalue weighted by Crippen LogP contribution is 2.34. The van der Waals surface area contributed by atoms with Gasteiger partial charge in [0.15, 0.2) is 11.5 Å². The third-order valence-corrected chi connectivity index (χ3v) is 4.40. The lowest BCUT2D eigenvalue weighted by atomic mass is 10.1. The number of benzene rings is 2. The summed E-state index contributed by atoms with van der Waals surface area (Å²) in [6.45, 7) is 0.864. The number of nitrogens with one attached hydrogen (secondary N) is 2. The average Bonchev–Trinajstić information content (AvgIpc) is 3.22. The predicted molar refractivity (Wildman–Crippen MR) is 108 cm³/mol. The van der Waals surface area contributed by atoms with Crippen LogP contribution in [-0.2, 0) is 6.42 Å². The van der Waals surface area contributed by atoms with Crippen molar-refractivity contribution in [2.45, 2.75) is 6.42 Å². The van der Waals surface area contributed by atoms with E-state index in [4.69, 9.17) is 14.2 Å². The van der Waals surface area contributed by atoms with Crippen molar-refractivity contribution in [3.63, 3.8) is 0 Å². The number of rotatable bonds is 7. The molecule has 2 aromatic carbocycles. The van der Waals surface area contributed by atoms with Crippen molar-refractivity contribution in [3.8, 4) is 17.2 Å². The number of aromatic nitrogens is 2. The molecule has 0 saturated carbocycles. The quantitative estimate of drug-likeness (QED) is 0.638. The molecule has 4 rings (SSSR count). The third kappa shape index (κ3) is 4.55. The zero-order valence-electron chi connectivity index (χ0n) is 15.8. The molecule has 29 heavy (non-hydrogen) atoms. The van der Waals surface area contributed by atoms with E-state index in [1.807, 2.05) is 24.3 Å². The standard InChI is InChI=1S/C21H20N4O4/c1-27-17-5-2-14(3-6-17)8-9-22-21-23-11-15(12-24-21)20(26)25-16-4-7-18-19(10-16)29-13-28-18/h2-7,10-12H,8-9,13H2,1H3,(H,25,26)(H,22,23,24). The number of hydrogen-bond acceptors (Lipinski definition) is 7. The highest BCUT2D eigenvalue weighted by Gasteiger charge is 2.15. The van der Waals surface area contributed by atoms with Gasteiger partial charge in [0.1, 0.15) is 5.75 Å². The molecule has 0 spiro atoms. The van der Waals surface area contributed by atoms with Gasteiger partial charge in [0.2, 0.25) is 12.7 Å². The molecule has 0 radical (unpaired) electrons. The van der Waals surface area contributed by atoms with Gasteiger partial charge in [-0.15, -0.1) is 0 Å². The van der Waals surface area contributed by atoms with Crippen molar-refractivity contribution in [1.29, 1.82) is 0 Å². The number of carbonyl (C=O) groups is 1. The van der Waals surface area contributed by atoms with Gasteiger partial charge in [-0.25, -0.2) is 9.97 Å². The molecule has 0 bridgehead atoms. The second-order valence-corrected chi connectivity index (χ2v) is 6.34. The summed E-state index contributed by atoms with van der Waals surface area (Å²) in [5.74, 6) is 2.28. The monoisotopic (exact) mass is 392 g/mol. The van der Waals surface area contributed by atoms with Crippen molar-refractivity contribution in [2.24, 2.45) is 0 Å². The fraction of sp³-hybridized carbons (Fsp3) is 0.190. The van der Waals surface area contributed by atoms with Crippen molar-refractivity contribution in [3.05, 3.63) is 66.0 Å². The van der Waals surface area contributed by atoms with E-state index in [9.17, 15) is 4.79 Å². The summed E-state index contributed by atoms with van der Waals surface area (Å²) in [4.78, 5) is 20.8. The minimum absolute atomic E-state index is 0.188. The Morgan fingerprint density at radius 2 is 1.83 bits per heavy atom. The van der Waals surface area contributed by atoms with Crippen molar-refractivity contribution < 1.29 is 19.0 Å². The maximum absolute atomic E-state index is 12.4. The van der Waals surface area contributed by atoms with Crippen LogP contribution in [0.3, 0.4) is 0 Å². The third-order valence-electron chi connectivity index (χ3n) is 4.40. The summed E-state index contributed by atoms with van der Waals surface area (Å²) in [6.07, 6.45) is 3.80. The van der Waals surface area contributed by atoms with Gasteiger partial charge in [-0.3, -0.25) is 4.79 Å². The summed E-state index contributed by atoms with van der Waals surface area (Å²) in [5, 5.41) is 5.95. The van der Waals surface area contributed by atoms with Crippen LogP contribution in [0.25, 0.3) is 0 Å². The number of ether oxygens (including phenoxy) is 3. The first-order chi connectivity index (χ1) is 14.2. The highest BCUT2D eigenvalue weighted by atomic mass is 16.7. The topological polar surface area (TPSA) is 94.6 Å². The number of amides is 1. The first-order valence-corrected chi connectivity index (χ1v) is 9.11. The molecule has 0 unspecified atom stereocenters. The number of nitrogens with zero attached hydrogens (tertiary/aromatic N) is 2. The van der Waals surface area contributed by atoms with E-state index < -0.39 is 0 Å². The van der Waals surface area contributed by atoms with Crippen molar-refractivity contribution in [2.75, 3.05) is 31.1 Å². The van der Waals surface area contributed by atoms with Gasteiger partial charge in [0.25, 0.3) is 5.91 Å². The molecule has 148 valence electrons. The van der Waals surface area contributed by atoms with E-state index >= 15 is 0 Å². The van der Waals surface area contributed by atoms with Crippen LogP contribution in [0, 0.1) is 0 Å². The molecule has 1 aromatic heterocycles. The van der Waals surface area contributed by atoms with Crippen LogP contribution in [0.4, 0.5) is 11.6 Å². The van der Waals surface area contributed by atoms with Crippen molar-refractivity contribution >= 4 is 17.5 Å². The maximum Gasteiger partial charge on any atom is 0.258 e. The Labute approximate surface area is 167 Å². The maximum atomic E-state index is 12.4. The lowest BCUT2D eigenvalue weighted by molar-refractivity contribution is 0.102. The Kier molecular flexibility index (Phi) is 5.42. The van der Waals surface area contributed by atoms with Gasteiger partial charge >= 0.3 is 0 Å². The van der Waals surface area contributed by atoms with Crippen LogP contribution in [0.1, 0.15) is 15.9 Å². The molecule has 1 aliphatic rings. The lowest BCUT2D eigenvalue weighted by Crippen LogP contribution is -2.14. The minimum Gasteiger partial charge on any atom is -0.497 e. The summed E-state index contributed by atoms with van der Waals surface area (Å²) < 4.78 is 15.7. The molecule has 3 aromatic rings. The minimum atomic E-state index is -0.298. The lowest BCUT2D eigenvalue weighted by Gasteiger charge is -2.08. The van der Waals surface area contributed by atoms with Gasteiger partial charge in [-0.05, 0) is 36.2 Å². The van der Waals surface area contributed by atoms with Gasteiger partial charge in [0, 0.05) is 30.7 Å². The van der Waals surface area contributed by atoms with E-state index in [1.165, 1.54) is 18.0 Å². The van der Waals surface area contributed by atoms with Crippen LogP contribution in [0.2, 0.25) is 0 Å².